The lowest BCUT2D eigenvalue weighted by Crippen LogP contribution is -2.37. The number of amides is 2. The molecule has 0 radical (unpaired) electrons. The number of benzene rings is 2. The van der Waals surface area contributed by atoms with Crippen LogP contribution < -0.4 is 24.4 Å². The number of aryl methyl sites for hydroxylation is 1. The number of aromatic nitrogens is 2. The summed E-state index contributed by atoms with van der Waals surface area (Å²) in [5, 5.41) is 3.24. The van der Waals surface area contributed by atoms with Gasteiger partial charge in [0, 0.05) is 29.9 Å². The molecule has 214 valence electrons. The third-order valence-corrected chi connectivity index (χ3v) is 7.97. The van der Waals surface area contributed by atoms with Crippen LogP contribution in [0.1, 0.15) is 16.8 Å². The summed E-state index contributed by atoms with van der Waals surface area (Å²) in [5.41, 5.74) is 3.13. The average Bonchev–Trinajstić information content (AvgIpc) is 3.27. The zero-order chi connectivity index (χ0) is 29.7. The normalized spacial score (nSPS) is 11.1. The summed E-state index contributed by atoms with van der Waals surface area (Å²) >= 11 is 16.7. The van der Waals surface area contributed by atoms with E-state index in [9.17, 15) is 9.59 Å². The Morgan fingerprint density at radius 1 is 1.10 bits per heavy atom. The summed E-state index contributed by atoms with van der Waals surface area (Å²) in [6.45, 7) is 1.70. The van der Waals surface area contributed by atoms with Crippen molar-refractivity contribution in [3.05, 3.63) is 86.2 Å². The van der Waals surface area contributed by atoms with Gasteiger partial charge in [0.05, 0.1) is 37.2 Å². The van der Waals surface area contributed by atoms with Crippen molar-refractivity contribution in [2.24, 2.45) is 0 Å². The molecular weight excluding hydrogens is 635 g/mol. The predicted molar refractivity (Wildman–Crippen MR) is 163 cm³/mol. The van der Waals surface area contributed by atoms with E-state index in [2.05, 4.69) is 26.2 Å². The van der Waals surface area contributed by atoms with Crippen LogP contribution in [0.25, 0.3) is 11.7 Å². The second-order valence-electron chi connectivity index (χ2n) is 8.82. The molecule has 0 fully saturated rings. The molecule has 0 aliphatic heterocycles. The van der Waals surface area contributed by atoms with Crippen molar-refractivity contribution in [3.8, 4) is 17.2 Å². The minimum absolute atomic E-state index is 0.0500. The molecule has 0 bridgehead atoms. The summed E-state index contributed by atoms with van der Waals surface area (Å²) in [5.74, 6) is 0.853. The topological polar surface area (TPSA) is 94.4 Å². The highest BCUT2D eigenvalue weighted by Crippen LogP contribution is 2.35. The van der Waals surface area contributed by atoms with Gasteiger partial charge >= 0.3 is 0 Å². The van der Waals surface area contributed by atoms with Crippen LogP contribution in [-0.4, -0.2) is 49.0 Å². The molecule has 2 heterocycles. The molecule has 4 aromatic rings. The highest BCUT2D eigenvalue weighted by Gasteiger charge is 2.20. The number of hydrogen-bond acceptors (Lipinski definition) is 6. The van der Waals surface area contributed by atoms with Gasteiger partial charge in [-0.3, -0.25) is 14.0 Å². The Morgan fingerprint density at radius 3 is 2.59 bits per heavy atom. The predicted octanol–water partition coefficient (Wildman–Crippen LogP) is 6.10. The van der Waals surface area contributed by atoms with Crippen molar-refractivity contribution >= 4 is 68.4 Å². The summed E-state index contributed by atoms with van der Waals surface area (Å²) in [7, 11) is 4.65. The Bertz CT molecular complexity index is 1640. The Labute approximate surface area is 255 Å². The number of nitrogens with one attached hydrogen (secondary N) is 1. The fraction of sp³-hybridized carbons (Fsp3) is 0.207. The quantitative estimate of drug-likeness (QED) is 0.207. The van der Waals surface area contributed by atoms with Gasteiger partial charge in [-0.1, -0.05) is 29.3 Å². The number of carbonyl (C=O) groups excluding carboxylic acids is 2. The number of imidazole rings is 1. The molecule has 2 aromatic carbocycles. The van der Waals surface area contributed by atoms with Crippen LogP contribution in [0.3, 0.4) is 0 Å². The Hall–Kier alpha value is -3.73. The summed E-state index contributed by atoms with van der Waals surface area (Å²) in [4.78, 5) is 31.2. The smallest absolute Gasteiger partial charge is 0.246 e. The zero-order valence-corrected chi connectivity index (χ0v) is 25.8. The van der Waals surface area contributed by atoms with Gasteiger partial charge in [-0.25, -0.2) is 4.98 Å². The SMILES string of the molecule is COc1ccc(C=CC(=O)NCC(=O)N(C)c2ccc(Cl)c(COc3cccn4c(Br)c(C)nc34)c2Cl)cc1OC. The molecule has 0 saturated heterocycles. The minimum Gasteiger partial charge on any atom is -0.493 e. The molecule has 12 heteroatoms. The first kappa shape index (κ1) is 30.2. The highest BCUT2D eigenvalue weighted by atomic mass is 79.9. The molecule has 9 nitrogen and oxygen atoms in total. The van der Waals surface area contributed by atoms with Crippen molar-refractivity contribution in [2.45, 2.75) is 13.5 Å². The fourth-order valence-corrected chi connectivity index (χ4v) is 4.95. The number of carbonyl (C=O) groups is 2. The third kappa shape index (κ3) is 6.78. The number of likely N-dealkylation sites (N-methyl/N-ethyl adjacent to an activating group) is 1. The van der Waals surface area contributed by atoms with Gasteiger partial charge < -0.3 is 24.4 Å². The van der Waals surface area contributed by atoms with E-state index < -0.39 is 5.91 Å². The maximum Gasteiger partial charge on any atom is 0.246 e. The summed E-state index contributed by atoms with van der Waals surface area (Å²) in [6, 6.07) is 12.2. The minimum atomic E-state index is -0.437. The molecule has 41 heavy (non-hydrogen) atoms. The highest BCUT2D eigenvalue weighted by molar-refractivity contribution is 9.10. The van der Waals surface area contributed by atoms with Gasteiger partial charge in [0.25, 0.3) is 0 Å². The number of fused-ring (bicyclic) bond motifs is 1. The molecule has 0 saturated carbocycles. The Kier molecular flexibility index (Phi) is 9.80. The van der Waals surface area contributed by atoms with E-state index in [4.69, 9.17) is 37.4 Å². The Morgan fingerprint density at radius 2 is 1.85 bits per heavy atom. The number of methoxy groups -OCH3 is 2. The molecule has 4 rings (SSSR count). The van der Waals surface area contributed by atoms with E-state index in [1.807, 2.05) is 23.6 Å². The van der Waals surface area contributed by atoms with Crippen LogP contribution in [0.15, 0.2) is 59.3 Å². The number of pyridine rings is 1. The van der Waals surface area contributed by atoms with E-state index in [-0.39, 0.29) is 24.1 Å². The number of hydrogen-bond donors (Lipinski definition) is 1. The van der Waals surface area contributed by atoms with Crippen LogP contribution >= 0.6 is 39.1 Å². The molecule has 0 atom stereocenters. The van der Waals surface area contributed by atoms with E-state index in [1.54, 1.807) is 56.6 Å². The average molecular weight is 662 g/mol. The number of ether oxygens (including phenoxy) is 3. The molecule has 1 N–H and O–H groups in total. The van der Waals surface area contributed by atoms with Crippen LogP contribution in [0.2, 0.25) is 10.0 Å². The van der Waals surface area contributed by atoms with Gasteiger partial charge in [-0.15, -0.1) is 0 Å². The first-order chi connectivity index (χ1) is 19.6. The summed E-state index contributed by atoms with van der Waals surface area (Å²) in [6.07, 6.45) is 4.82. The van der Waals surface area contributed by atoms with Crippen LogP contribution in [0, 0.1) is 6.92 Å². The molecule has 0 unspecified atom stereocenters. The van der Waals surface area contributed by atoms with Gasteiger partial charge in [-0.05, 0) is 70.9 Å². The van der Waals surface area contributed by atoms with E-state index >= 15 is 0 Å². The van der Waals surface area contributed by atoms with Gasteiger partial charge in [-0.2, -0.15) is 0 Å². The largest absolute Gasteiger partial charge is 0.493 e. The molecule has 0 aliphatic carbocycles. The van der Waals surface area contributed by atoms with Crippen molar-refractivity contribution in [3.63, 3.8) is 0 Å². The van der Waals surface area contributed by atoms with E-state index in [1.165, 1.54) is 18.1 Å². The molecule has 2 amide bonds. The fourth-order valence-electron chi connectivity index (χ4n) is 3.97. The standard InChI is InChI=1S/C29H27BrCl2N4O5/c1-17-28(30)36-13-5-6-23(29(36)34-17)41-16-19-20(31)9-10-21(27(19)32)35(2)26(38)15-33-25(37)12-8-18-7-11-22(39-3)24(14-18)40-4/h5-14H,15-16H2,1-4H3,(H,33,37). The maximum atomic E-state index is 12.9. The molecule has 2 aromatic heterocycles. The maximum absolute atomic E-state index is 12.9. The monoisotopic (exact) mass is 660 g/mol. The lowest BCUT2D eigenvalue weighted by molar-refractivity contribution is -0.122. The first-order valence-electron chi connectivity index (χ1n) is 12.3. The Balaban J connectivity index is 1.41. The van der Waals surface area contributed by atoms with Crippen molar-refractivity contribution < 1.29 is 23.8 Å². The van der Waals surface area contributed by atoms with Gasteiger partial charge in [0.1, 0.15) is 11.2 Å². The molecule has 0 aliphatic rings. The van der Waals surface area contributed by atoms with Crippen LogP contribution in [-0.2, 0) is 16.2 Å². The van der Waals surface area contributed by atoms with Crippen LogP contribution in [0.5, 0.6) is 17.2 Å². The summed E-state index contributed by atoms with van der Waals surface area (Å²) < 4.78 is 19.2. The number of nitrogens with zero attached hydrogens (tertiary/aromatic N) is 3. The van der Waals surface area contributed by atoms with Crippen LogP contribution in [0.4, 0.5) is 5.69 Å². The second kappa shape index (κ2) is 13.3. The van der Waals surface area contributed by atoms with E-state index in [0.717, 1.165) is 15.9 Å². The second-order valence-corrected chi connectivity index (χ2v) is 10.4. The lowest BCUT2D eigenvalue weighted by atomic mass is 10.2. The van der Waals surface area contributed by atoms with Gasteiger partial charge in [0.2, 0.25) is 11.8 Å². The molecule has 0 spiro atoms. The molecular formula is C29H27BrCl2N4O5. The number of anilines is 1. The van der Waals surface area contributed by atoms with Gasteiger partial charge in [0.15, 0.2) is 22.9 Å². The zero-order valence-electron chi connectivity index (χ0n) is 22.7. The number of rotatable bonds is 10. The number of halogens is 3. The van der Waals surface area contributed by atoms with Crippen molar-refractivity contribution in [1.82, 2.24) is 14.7 Å². The third-order valence-electron chi connectivity index (χ3n) is 6.24. The lowest BCUT2D eigenvalue weighted by Gasteiger charge is -2.21. The first-order valence-corrected chi connectivity index (χ1v) is 13.9. The van der Waals surface area contributed by atoms with Crippen molar-refractivity contribution in [2.75, 3.05) is 32.7 Å². The van der Waals surface area contributed by atoms with Crippen molar-refractivity contribution in [1.29, 1.82) is 0 Å². The van der Waals surface area contributed by atoms with E-state index in [0.29, 0.717) is 39.2 Å².